The summed E-state index contributed by atoms with van der Waals surface area (Å²) in [5.74, 6) is -0.744. The summed E-state index contributed by atoms with van der Waals surface area (Å²) in [6.07, 6.45) is 1.34. The lowest BCUT2D eigenvalue weighted by Crippen LogP contribution is -2.33. The van der Waals surface area contributed by atoms with Gasteiger partial charge in [-0.05, 0) is 29.1 Å². The second-order valence-electron chi connectivity index (χ2n) is 5.56. The van der Waals surface area contributed by atoms with E-state index in [1.54, 1.807) is 0 Å². The van der Waals surface area contributed by atoms with Crippen molar-refractivity contribution < 1.29 is 9.18 Å². The van der Waals surface area contributed by atoms with Crippen molar-refractivity contribution in [3.05, 3.63) is 75.2 Å². The number of aromatic nitrogens is 2. The molecule has 0 unspecified atom stereocenters. The van der Waals surface area contributed by atoms with Crippen LogP contribution in [0.3, 0.4) is 0 Å². The van der Waals surface area contributed by atoms with Gasteiger partial charge in [0.25, 0.3) is 5.56 Å². The van der Waals surface area contributed by atoms with Gasteiger partial charge in [0.05, 0.1) is 11.8 Å². The van der Waals surface area contributed by atoms with Gasteiger partial charge >= 0.3 is 0 Å². The Morgan fingerprint density at radius 1 is 1.19 bits per heavy atom. The molecule has 0 aliphatic carbocycles. The molecule has 0 bridgehead atoms. The van der Waals surface area contributed by atoms with Crippen LogP contribution in [-0.4, -0.2) is 15.6 Å². The molecule has 0 atom stereocenters. The zero-order valence-electron chi connectivity index (χ0n) is 13.3. The lowest BCUT2D eigenvalue weighted by molar-refractivity contribution is -0.116. The third-order valence-electron chi connectivity index (χ3n) is 3.80. The Kier molecular flexibility index (Phi) is 4.36. The molecule has 0 aliphatic heterocycles. The first-order valence-corrected chi connectivity index (χ1v) is 9.45. The van der Waals surface area contributed by atoms with E-state index in [0.717, 1.165) is 15.1 Å². The maximum atomic E-state index is 12.9. The molecule has 0 aliphatic rings. The Labute approximate surface area is 155 Å². The van der Waals surface area contributed by atoms with E-state index < -0.39 is 0 Å². The van der Waals surface area contributed by atoms with Gasteiger partial charge in [-0.2, -0.15) is 0 Å². The molecule has 1 aromatic carbocycles. The number of rotatable bonds is 4. The molecule has 3 heterocycles. The molecule has 4 aromatic rings. The molecule has 0 radical (unpaired) electrons. The first kappa shape index (κ1) is 16.6. The molecule has 0 saturated heterocycles. The van der Waals surface area contributed by atoms with Crippen molar-refractivity contribution >= 4 is 38.8 Å². The lowest BCUT2D eigenvalue weighted by atomic mass is 10.1. The Morgan fingerprint density at radius 3 is 2.73 bits per heavy atom. The average Bonchev–Trinajstić information content (AvgIpc) is 3.29. The van der Waals surface area contributed by atoms with Gasteiger partial charge in [0.15, 0.2) is 0 Å². The first-order valence-electron chi connectivity index (χ1n) is 7.69. The number of fused-ring (bicyclic) bond motifs is 1. The van der Waals surface area contributed by atoms with Crippen LogP contribution < -0.4 is 11.0 Å². The maximum Gasteiger partial charge on any atom is 0.281 e. The second-order valence-corrected chi connectivity index (χ2v) is 7.37. The molecule has 3 aromatic heterocycles. The fraction of sp³-hybridized carbons (Fsp3) is 0.0556. The summed E-state index contributed by atoms with van der Waals surface area (Å²) < 4.78 is 14.0. The second kappa shape index (κ2) is 6.81. The summed E-state index contributed by atoms with van der Waals surface area (Å²) in [6.45, 7) is 0. The Hall–Kier alpha value is -2.84. The minimum absolute atomic E-state index is 0.0339. The number of nitrogens with one attached hydrogen (secondary N) is 1. The molecule has 0 saturated carbocycles. The fourth-order valence-electron chi connectivity index (χ4n) is 2.59. The number of halogens is 1. The summed E-state index contributed by atoms with van der Waals surface area (Å²) in [5, 5.41) is 4.33. The van der Waals surface area contributed by atoms with E-state index in [4.69, 9.17) is 0 Å². The van der Waals surface area contributed by atoms with Crippen LogP contribution in [0.5, 0.6) is 0 Å². The summed E-state index contributed by atoms with van der Waals surface area (Å²) in [7, 11) is 0. The monoisotopic (exact) mass is 385 g/mol. The number of benzene rings is 1. The molecular weight excluding hydrogens is 373 g/mol. The molecule has 8 heteroatoms. The van der Waals surface area contributed by atoms with Crippen LogP contribution in [0.4, 0.5) is 4.39 Å². The highest BCUT2D eigenvalue weighted by Crippen LogP contribution is 2.33. The normalized spacial score (nSPS) is 11.0. The van der Waals surface area contributed by atoms with E-state index >= 15 is 0 Å². The third kappa shape index (κ3) is 3.16. The van der Waals surface area contributed by atoms with Gasteiger partial charge < -0.3 is 0 Å². The number of thiophene rings is 2. The summed E-state index contributed by atoms with van der Waals surface area (Å²) in [5.41, 5.74) is 3.69. The predicted molar refractivity (Wildman–Crippen MR) is 102 cm³/mol. The lowest BCUT2D eigenvalue weighted by Gasteiger charge is -2.08. The van der Waals surface area contributed by atoms with Gasteiger partial charge in [-0.1, -0.05) is 18.2 Å². The number of hydrogen-bond donors (Lipinski definition) is 1. The highest BCUT2D eigenvalue weighted by Gasteiger charge is 2.15. The number of carbonyl (C=O) groups excluding carboxylic acids is 1. The smallest absolute Gasteiger partial charge is 0.273 e. The Morgan fingerprint density at radius 2 is 2.00 bits per heavy atom. The minimum Gasteiger partial charge on any atom is -0.273 e. The van der Waals surface area contributed by atoms with E-state index in [9.17, 15) is 14.0 Å². The van der Waals surface area contributed by atoms with Crippen molar-refractivity contribution in [1.29, 1.82) is 0 Å². The molecule has 0 fully saturated rings. The van der Waals surface area contributed by atoms with Gasteiger partial charge in [0.2, 0.25) is 5.91 Å². The van der Waals surface area contributed by atoms with Crippen LogP contribution in [0.25, 0.3) is 20.7 Å². The molecule has 26 heavy (non-hydrogen) atoms. The van der Waals surface area contributed by atoms with E-state index in [1.165, 1.54) is 53.3 Å². The third-order valence-corrected chi connectivity index (χ3v) is 5.59. The summed E-state index contributed by atoms with van der Waals surface area (Å²) in [4.78, 5) is 30.9. The van der Waals surface area contributed by atoms with Crippen LogP contribution in [0.2, 0.25) is 0 Å². The van der Waals surface area contributed by atoms with Crippen molar-refractivity contribution in [2.45, 2.75) is 6.42 Å². The van der Waals surface area contributed by atoms with Crippen molar-refractivity contribution in [1.82, 2.24) is 9.66 Å². The highest BCUT2D eigenvalue weighted by molar-refractivity contribution is 7.18. The Balaban J connectivity index is 1.63. The van der Waals surface area contributed by atoms with Crippen LogP contribution in [0.15, 0.2) is 58.3 Å². The molecule has 130 valence electrons. The van der Waals surface area contributed by atoms with Gasteiger partial charge in [0, 0.05) is 15.8 Å². The van der Waals surface area contributed by atoms with Gasteiger partial charge in [-0.3, -0.25) is 15.0 Å². The van der Waals surface area contributed by atoms with Crippen molar-refractivity contribution in [2.24, 2.45) is 0 Å². The maximum absolute atomic E-state index is 12.9. The van der Waals surface area contributed by atoms with Crippen molar-refractivity contribution in [3.8, 4) is 10.4 Å². The van der Waals surface area contributed by atoms with Gasteiger partial charge in [-0.25, -0.2) is 14.1 Å². The van der Waals surface area contributed by atoms with E-state index in [2.05, 4.69) is 10.4 Å². The van der Waals surface area contributed by atoms with Crippen molar-refractivity contribution in [2.75, 3.05) is 5.43 Å². The molecule has 1 amide bonds. The summed E-state index contributed by atoms with van der Waals surface area (Å²) in [6, 6.07) is 9.51. The first-order chi connectivity index (χ1) is 12.6. The number of amides is 1. The molecule has 5 nitrogen and oxygen atoms in total. The molecule has 0 spiro atoms. The van der Waals surface area contributed by atoms with Crippen molar-refractivity contribution in [3.63, 3.8) is 0 Å². The van der Waals surface area contributed by atoms with E-state index in [1.807, 2.05) is 22.9 Å². The van der Waals surface area contributed by atoms with E-state index in [0.29, 0.717) is 15.8 Å². The highest BCUT2D eigenvalue weighted by atomic mass is 32.1. The fourth-order valence-corrected chi connectivity index (χ4v) is 4.31. The molecule has 4 rings (SSSR count). The van der Waals surface area contributed by atoms with Crippen LogP contribution >= 0.6 is 22.7 Å². The van der Waals surface area contributed by atoms with Crippen LogP contribution in [0, 0.1) is 5.82 Å². The zero-order valence-corrected chi connectivity index (χ0v) is 14.9. The number of hydrogen-bond acceptors (Lipinski definition) is 5. The average molecular weight is 385 g/mol. The Bertz CT molecular complexity index is 1130. The topological polar surface area (TPSA) is 64.0 Å². The number of carbonyl (C=O) groups is 1. The molecule has 1 N–H and O–H groups in total. The molecular formula is C18H12FN3O2S2. The minimum atomic E-state index is -0.382. The van der Waals surface area contributed by atoms with Gasteiger partial charge in [-0.15, -0.1) is 22.7 Å². The van der Waals surface area contributed by atoms with Gasteiger partial charge in [0.1, 0.15) is 17.0 Å². The largest absolute Gasteiger partial charge is 0.281 e. The standard InChI is InChI=1S/C18H12FN3O2S2/c19-12-5-3-11(4-6-12)8-15(23)21-22-10-20-17-16(18(22)24)13(9-26-17)14-2-1-7-25-14/h1-7,9-10H,8H2,(H,21,23). The number of nitrogens with zero attached hydrogens (tertiary/aromatic N) is 2. The zero-order chi connectivity index (χ0) is 18.1. The van der Waals surface area contributed by atoms with Crippen LogP contribution in [0.1, 0.15) is 5.56 Å². The van der Waals surface area contributed by atoms with Crippen LogP contribution in [-0.2, 0) is 11.2 Å². The quantitative estimate of drug-likeness (QED) is 0.583. The predicted octanol–water partition coefficient (Wildman–Crippen LogP) is 3.64. The van der Waals surface area contributed by atoms with E-state index in [-0.39, 0.29) is 23.7 Å². The summed E-state index contributed by atoms with van der Waals surface area (Å²) >= 11 is 2.93. The SMILES string of the molecule is O=C(Cc1ccc(F)cc1)Nn1cnc2scc(-c3cccs3)c2c1=O.